The molecule has 1 aromatic carbocycles. The highest BCUT2D eigenvalue weighted by Gasteiger charge is 2.20. The molecule has 10 heteroatoms. The third-order valence-electron chi connectivity index (χ3n) is 6.35. The number of carboxylic acid groups (broad SMARTS) is 1. The molecule has 184 valence electrons. The summed E-state index contributed by atoms with van der Waals surface area (Å²) in [6, 6.07) is 9.67. The Morgan fingerprint density at radius 1 is 1.11 bits per heavy atom. The molecule has 1 saturated carbocycles. The Hall–Kier alpha value is -3.95. The number of aromatic carboxylic acids is 1. The summed E-state index contributed by atoms with van der Waals surface area (Å²) in [6.45, 7) is 4.82. The first kappa shape index (κ1) is 24.2. The van der Waals surface area contributed by atoms with E-state index in [1.807, 2.05) is 0 Å². The second-order valence-electron chi connectivity index (χ2n) is 8.92. The van der Waals surface area contributed by atoms with Crippen LogP contribution in [0.3, 0.4) is 0 Å². The number of H-pyrrole nitrogens is 1. The van der Waals surface area contributed by atoms with Crippen LogP contribution in [-0.4, -0.2) is 30.2 Å². The number of benzene rings is 1. The summed E-state index contributed by atoms with van der Waals surface area (Å²) in [4.78, 5) is 47.8. The van der Waals surface area contributed by atoms with E-state index in [0.717, 1.165) is 25.7 Å². The molecular formula is C25H29N5O5. The van der Waals surface area contributed by atoms with Crippen LogP contribution in [-0.2, 0) is 13.1 Å². The zero-order valence-corrected chi connectivity index (χ0v) is 19.8. The maximum atomic E-state index is 13.1. The number of nitrogens with one attached hydrogen (secondary N) is 1. The van der Waals surface area contributed by atoms with Gasteiger partial charge in [-0.1, -0.05) is 19.8 Å². The minimum atomic E-state index is -1.06. The average Bonchev–Trinajstić information content (AvgIpc) is 2.84. The van der Waals surface area contributed by atoms with E-state index in [2.05, 4.69) is 21.9 Å². The second-order valence-corrected chi connectivity index (χ2v) is 8.92. The van der Waals surface area contributed by atoms with Gasteiger partial charge in [-0.3, -0.25) is 9.55 Å². The van der Waals surface area contributed by atoms with Gasteiger partial charge in [0.15, 0.2) is 0 Å². The molecule has 0 aliphatic heterocycles. The quantitative estimate of drug-likeness (QED) is 0.534. The van der Waals surface area contributed by atoms with Gasteiger partial charge in [0.2, 0.25) is 11.5 Å². The number of hydrogen-bond acceptors (Lipinski definition) is 6. The van der Waals surface area contributed by atoms with Gasteiger partial charge in [-0.25, -0.2) is 28.9 Å². The Bertz CT molecular complexity index is 1360. The summed E-state index contributed by atoms with van der Waals surface area (Å²) in [7, 11) is 0. The van der Waals surface area contributed by atoms with E-state index >= 15 is 0 Å². The third-order valence-corrected chi connectivity index (χ3v) is 6.35. The molecule has 3 aromatic rings. The van der Waals surface area contributed by atoms with Crippen LogP contribution in [0.1, 0.15) is 49.9 Å². The van der Waals surface area contributed by atoms with Crippen LogP contribution < -0.4 is 21.7 Å². The summed E-state index contributed by atoms with van der Waals surface area (Å²) in [5.41, 5.74) is -0.00337. The molecule has 1 aliphatic rings. The van der Waals surface area contributed by atoms with E-state index in [4.69, 9.17) is 9.84 Å². The zero-order chi connectivity index (χ0) is 24.9. The molecule has 2 heterocycles. The number of pyridine rings is 1. The fraction of sp³-hybridized carbons (Fsp3) is 0.400. The van der Waals surface area contributed by atoms with Gasteiger partial charge in [-0.05, 0) is 61.9 Å². The van der Waals surface area contributed by atoms with Gasteiger partial charge < -0.3 is 9.84 Å². The topological polar surface area (TPSA) is 132 Å². The molecule has 0 saturated heterocycles. The minimum Gasteiger partial charge on any atom is -0.478 e. The molecule has 10 nitrogen and oxygen atoms in total. The highest BCUT2D eigenvalue weighted by molar-refractivity contribution is 5.87. The number of rotatable bonds is 7. The summed E-state index contributed by atoms with van der Waals surface area (Å²) in [6.07, 6.45) is 5.59. The van der Waals surface area contributed by atoms with Crippen molar-refractivity contribution in [1.29, 1.82) is 0 Å². The maximum Gasteiger partial charge on any atom is 0.337 e. The van der Waals surface area contributed by atoms with E-state index in [1.54, 1.807) is 35.8 Å². The van der Waals surface area contributed by atoms with E-state index in [1.165, 1.54) is 22.9 Å². The highest BCUT2D eigenvalue weighted by Crippen LogP contribution is 2.29. The number of aromatic nitrogens is 4. The molecule has 35 heavy (non-hydrogen) atoms. The van der Waals surface area contributed by atoms with Gasteiger partial charge in [-0.2, -0.15) is 0 Å². The average molecular weight is 480 g/mol. The number of carbonyl (C=O) groups is 1. The van der Waals surface area contributed by atoms with Crippen molar-refractivity contribution in [2.75, 3.05) is 0 Å². The molecule has 0 atom stereocenters. The molecule has 4 rings (SSSR count). The Morgan fingerprint density at radius 2 is 1.83 bits per heavy atom. The molecule has 1 aliphatic carbocycles. The lowest BCUT2D eigenvalue weighted by atomic mass is 9.83. The molecule has 0 radical (unpaired) electrons. The normalized spacial score (nSPS) is 18.4. The van der Waals surface area contributed by atoms with Crippen LogP contribution >= 0.6 is 0 Å². The highest BCUT2D eigenvalue weighted by atomic mass is 16.5. The van der Waals surface area contributed by atoms with Crippen molar-refractivity contribution >= 4 is 11.7 Å². The molecule has 0 unspecified atom stereocenters. The first-order chi connectivity index (χ1) is 16.8. The summed E-state index contributed by atoms with van der Waals surface area (Å²) < 4.78 is 8.42. The molecule has 2 N–H and O–H groups in total. The number of aromatic amines is 1. The molecule has 1 fully saturated rings. The lowest BCUT2D eigenvalue weighted by Crippen LogP contribution is -2.50. The predicted molar refractivity (Wildman–Crippen MR) is 129 cm³/mol. The van der Waals surface area contributed by atoms with Gasteiger partial charge in [0.1, 0.15) is 5.75 Å². The van der Waals surface area contributed by atoms with Gasteiger partial charge in [-0.15, -0.1) is 0 Å². The van der Waals surface area contributed by atoms with E-state index in [9.17, 15) is 14.4 Å². The Balaban J connectivity index is 1.61. The van der Waals surface area contributed by atoms with Gasteiger partial charge in [0, 0.05) is 25.4 Å². The fourth-order valence-electron chi connectivity index (χ4n) is 4.25. The lowest BCUT2D eigenvalue weighted by molar-refractivity contribution is 0.0696. The van der Waals surface area contributed by atoms with Crippen LogP contribution in [0.15, 0.2) is 57.2 Å². The number of ether oxygens (including phenoxy) is 1. The monoisotopic (exact) mass is 479 g/mol. The smallest absolute Gasteiger partial charge is 0.337 e. The second kappa shape index (κ2) is 10.5. The fourth-order valence-corrected chi connectivity index (χ4v) is 4.25. The Kier molecular flexibility index (Phi) is 7.28. The number of carboxylic acids is 1. The predicted octanol–water partition coefficient (Wildman–Crippen LogP) is 3.30. The summed E-state index contributed by atoms with van der Waals surface area (Å²) in [5, 5.41) is 8.97. The van der Waals surface area contributed by atoms with Crippen LogP contribution in [0.5, 0.6) is 11.6 Å². The van der Waals surface area contributed by atoms with Crippen molar-refractivity contribution in [1.82, 2.24) is 19.1 Å². The summed E-state index contributed by atoms with van der Waals surface area (Å²) in [5.74, 6) is 0.750. The van der Waals surface area contributed by atoms with Crippen molar-refractivity contribution in [2.45, 2.75) is 52.6 Å². The van der Waals surface area contributed by atoms with Crippen molar-refractivity contribution in [3.63, 3.8) is 0 Å². The van der Waals surface area contributed by atoms with E-state index in [0.29, 0.717) is 29.8 Å². The van der Waals surface area contributed by atoms with Crippen LogP contribution in [0.4, 0.5) is 5.69 Å². The first-order valence-corrected chi connectivity index (χ1v) is 11.8. The van der Waals surface area contributed by atoms with Crippen LogP contribution in [0.25, 0.3) is 0 Å². The largest absolute Gasteiger partial charge is 0.478 e. The zero-order valence-electron chi connectivity index (χ0n) is 19.8. The Labute approximate surface area is 201 Å². The van der Waals surface area contributed by atoms with Crippen molar-refractivity contribution < 1.29 is 14.6 Å². The van der Waals surface area contributed by atoms with Crippen LogP contribution in [0, 0.1) is 11.8 Å². The van der Waals surface area contributed by atoms with Gasteiger partial charge in [0.25, 0.3) is 0 Å². The SMILES string of the molecule is CCn1c(=O)[nH]/c(=N\c2ccc(Oc3ccc(C(=O)O)cn3)cc2)n(C[C@H]2CC[C@H](C)CC2)c1=O. The molecule has 0 spiro atoms. The molecule has 0 bridgehead atoms. The van der Waals surface area contributed by atoms with Gasteiger partial charge >= 0.3 is 17.3 Å². The maximum absolute atomic E-state index is 13.1. The van der Waals surface area contributed by atoms with E-state index < -0.39 is 11.7 Å². The number of nitrogens with zero attached hydrogens (tertiary/aromatic N) is 4. The minimum absolute atomic E-state index is 0.0709. The van der Waals surface area contributed by atoms with Crippen molar-refractivity contribution in [3.05, 3.63) is 74.7 Å². The standard InChI is InChI=1S/C25H29N5O5/c1-3-29-24(33)28-23(30(25(29)34)15-17-6-4-16(2)5-7-17)27-19-9-11-20(12-10-19)35-21-13-8-18(14-26-21)22(31)32/h8-14,16-17H,3-7,15H2,1-2H3,(H,31,32)(H,27,28,33)/t16-,17-. The van der Waals surface area contributed by atoms with Crippen molar-refractivity contribution in [3.8, 4) is 11.6 Å². The first-order valence-electron chi connectivity index (χ1n) is 11.8. The van der Waals surface area contributed by atoms with Crippen LogP contribution in [0.2, 0.25) is 0 Å². The molecule has 0 amide bonds. The Morgan fingerprint density at radius 3 is 2.43 bits per heavy atom. The molecule has 2 aromatic heterocycles. The number of hydrogen-bond donors (Lipinski definition) is 2. The van der Waals surface area contributed by atoms with Crippen molar-refractivity contribution in [2.24, 2.45) is 16.8 Å². The molecular weight excluding hydrogens is 450 g/mol. The summed E-state index contributed by atoms with van der Waals surface area (Å²) >= 11 is 0. The van der Waals surface area contributed by atoms with E-state index in [-0.39, 0.29) is 29.3 Å². The van der Waals surface area contributed by atoms with Gasteiger partial charge in [0.05, 0.1) is 11.3 Å². The third kappa shape index (κ3) is 5.76. The lowest BCUT2D eigenvalue weighted by Gasteiger charge is -2.26.